The first kappa shape index (κ1) is 24.0. The van der Waals surface area contributed by atoms with Crippen LogP contribution in [-0.4, -0.2) is 27.4 Å². The van der Waals surface area contributed by atoms with Crippen LogP contribution in [0.1, 0.15) is 55.1 Å². The lowest BCUT2D eigenvalue weighted by molar-refractivity contribution is 0.0601. The molecular weight excluding hydrogens is 472 g/mol. The molecule has 0 atom stereocenters. The minimum Gasteiger partial charge on any atom is -0.465 e. The van der Waals surface area contributed by atoms with Crippen molar-refractivity contribution in [3.63, 3.8) is 0 Å². The van der Waals surface area contributed by atoms with E-state index in [1.807, 2.05) is 6.92 Å². The highest BCUT2D eigenvalue weighted by Crippen LogP contribution is 2.38. The molecule has 0 saturated carbocycles. The number of aryl methyl sites for hydroxylation is 3. The van der Waals surface area contributed by atoms with Gasteiger partial charge < -0.3 is 10.1 Å². The third kappa shape index (κ3) is 4.85. The Kier molecular flexibility index (Phi) is 6.77. The maximum atomic E-state index is 13.0. The number of esters is 1. The van der Waals surface area contributed by atoms with Gasteiger partial charge in [0, 0.05) is 10.4 Å². The van der Waals surface area contributed by atoms with Gasteiger partial charge in [0.15, 0.2) is 0 Å². The smallest absolute Gasteiger partial charge is 0.341 e. The molecule has 0 bridgehead atoms. The molecule has 0 fully saturated rings. The number of hydrogen-bond acceptors (Lipinski definition) is 6. The summed E-state index contributed by atoms with van der Waals surface area (Å²) in [7, 11) is -2.42. The number of anilines is 2. The minimum atomic E-state index is -3.75. The van der Waals surface area contributed by atoms with Crippen LogP contribution in [0.2, 0.25) is 0 Å². The number of carbonyl (C=O) groups is 2. The van der Waals surface area contributed by atoms with E-state index < -0.39 is 16.0 Å². The molecule has 1 amide bonds. The van der Waals surface area contributed by atoms with Crippen molar-refractivity contribution in [2.24, 2.45) is 0 Å². The lowest BCUT2D eigenvalue weighted by Gasteiger charge is -2.13. The van der Waals surface area contributed by atoms with Gasteiger partial charge in [0.25, 0.3) is 15.9 Å². The van der Waals surface area contributed by atoms with Crippen LogP contribution in [0.25, 0.3) is 0 Å². The molecule has 9 heteroatoms. The summed E-state index contributed by atoms with van der Waals surface area (Å²) < 4.78 is 33.0. The van der Waals surface area contributed by atoms with Gasteiger partial charge in [0.2, 0.25) is 0 Å². The van der Waals surface area contributed by atoms with Crippen molar-refractivity contribution in [2.75, 3.05) is 17.1 Å². The number of hydrogen-bond donors (Lipinski definition) is 2. The molecule has 2 aromatic carbocycles. The maximum absolute atomic E-state index is 13.0. The van der Waals surface area contributed by atoms with Crippen molar-refractivity contribution in [3.05, 3.63) is 75.2 Å². The second kappa shape index (κ2) is 9.60. The summed E-state index contributed by atoms with van der Waals surface area (Å²) >= 11 is 1.42. The SMILES string of the molecule is COC(=O)c1c(NC(=O)c2ccc(NS(=O)(=O)c3ccc(C)cc3)c(C)c2)sc2c1CCCC2. The van der Waals surface area contributed by atoms with Gasteiger partial charge >= 0.3 is 5.97 Å². The Bertz CT molecular complexity index is 1360. The fourth-order valence-corrected chi connectivity index (χ4v) is 6.39. The number of thiophene rings is 1. The topological polar surface area (TPSA) is 102 Å². The van der Waals surface area contributed by atoms with Gasteiger partial charge in [-0.1, -0.05) is 17.7 Å². The first-order valence-electron chi connectivity index (χ1n) is 10.9. The molecule has 178 valence electrons. The number of carbonyl (C=O) groups excluding carboxylic acids is 2. The average molecular weight is 499 g/mol. The van der Waals surface area contributed by atoms with Crippen LogP contribution < -0.4 is 10.0 Å². The zero-order chi connectivity index (χ0) is 24.5. The molecule has 1 aromatic heterocycles. The summed E-state index contributed by atoms with van der Waals surface area (Å²) in [6, 6.07) is 11.3. The van der Waals surface area contributed by atoms with Crippen LogP contribution in [0.3, 0.4) is 0 Å². The van der Waals surface area contributed by atoms with Crippen molar-refractivity contribution in [3.8, 4) is 0 Å². The van der Waals surface area contributed by atoms with E-state index in [1.54, 1.807) is 49.4 Å². The molecule has 3 aromatic rings. The monoisotopic (exact) mass is 498 g/mol. The van der Waals surface area contributed by atoms with Crippen molar-refractivity contribution in [1.82, 2.24) is 0 Å². The molecule has 0 unspecified atom stereocenters. The van der Waals surface area contributed by atoms with Crippen LogP contribution >= 0.6 is 11.3 Å². The van der Waals surface area contributed by atoms with Crippen LogP contribution in [0, 0.1) is 13.8 Å². The molecule has 0 radical (unpaired) electrons. The van der Waals surface area contributed by atoms with Gasteiger partial charge in [-0.25, -0.2) is 13.2 Å². The number of nitrogens with one attached hydrogen (secondary N) is 2. The predicted octanol–water partition coefficient (Wildman–Crippen LogP) is 5.08. The van der Waals surface area contributed by atoms with Gasteiger partial charge in [-0.15, -0.1) is 11.3 Å². The van der Waals surface area contributed by atoms with E-state index in [9.17, 15) is 18.0 Å². The number of methoxy groups -OCH3 is 1. The highest BCUT2D eigenvalue weighted by molar-refractivity contribution is 7.92. The Balaban J connectivity index is 1.56. The van der Waals surface area contributed by atoms with Crippen molar-refractivity contribution in [1.29, 1.82) is 0 Å². The predicted molar refractivity (Wildman–Crippen MR) is 133 cm³/mol. The van der Waals surface area contributed by atoms with Gasteiger partial charge in [-0.05, 0) is 81.0 Å². The van der Waals surface area contributed by atoms with E-state index in [0.717, 1.165) is 41.7 Å². The molecule has 0 spiro atoms. The molecule has 34 heavy (non-hydrogen) atoms. The Morgan fingerprint density at radius 1 is 1.00 bits per heavy atom. The molecule has 2 N–H and O–H groups in total. The third-order valence-electron chi connectivity index (χ3n) is 5.85. The van der Waals surface area contributed by atoms with Crippen LogP contribution in [-0.2, 0) is 27.6 Å². The van der Waals surface area contributed by atoms with E-state index in [0.29, 0.717) is 27.4 Å². The average Bonchev–Trinajstić information content (AvgIpc) is 3.17. The molecular formula is C25H26N2O5S2. The first-order chi connectivity index (χ1) is 16.2. The van der Waals surface area contributed by atoms with Crippen molar-refractivity contribution < 1.29 is 22.7 Å². The molecule has 1 heterocycles. The van der Waals surface area contributed by atoms with Crippen molar-refractivity contribution in [2.45, 2.75) is 44.4 Å². The zero-order valence-corrected chi connectivity index (χ0v) is 20.9. The summed E-state index contributed by atoms with van der Waals surface area (Å²) in [6.07, 6.45) is 3.73. The maximum Gasteiger partial charge on any atom is 0.341 e. The molecule has 0 aliphatic heterocycles. The largest absolute Gasteiger partial charge is 0.465 e. The summed E-state index contributed by atoms with van der Waals surface area (Å²) in [5.74, 6) is -0.827. The van der Waals surface area contributed by atoms with E-state index in [2.05, 4.69) is 10.0 Å². The third-order valence-corrected chi connectivity index (χ3v) is 8.44. The summed E-state index contributed by atoms with van der Waals surface area (Å²) in [6.45, 7) is 3.62. The lowest BCUT2D eigenvalue weighted by Crippen LogP contribution is -2.16. The van der Waals surface area contributed by atoms with Crippen LogP contribution in [0.15, 0.2) is 47.4 Å². The molecule has 1 aliphatic carbocycles. The summed E-state index contributed by atoms with van der Waals surface area (Å²) in [5, 5.41) is 3.36. The standard InChI is InChI=1S/C25H26N2O5S2/c1-15-8-11-18(12-9-15)34(30,31)27-20-13-10-17(14-16(20)2)23(28)26-24-22(25(29)32-3)19-6-4-5-7-21(19)33-24/h8-14,27H,4-7H2,1-3H3,(H,26,28). The number of rotatable bonds is 6. The second-order valence-corrected chi connectivity index (χ2v) is 11.1. The first-order valence-corrected chi connectivity index (χ1v) is 13.2. The number of ether oxygens (including phenoxy) is 1. The van der Waals surface area contributed by atoms with E-state index in [1.165, 1.54) is 18.4 Å². The molecule has 7 nitrogen and oxygen atoms in total. The van der Waals surface area contributed by atoms with Gasteiger partial charge in [0.1, 0.15) is 5.00 Å². The van der Waals surface area contributed by atoms with Crippen LogP contribution in [0.4, 0.5) is 10.7 Å². The number of fused-ring (bicyclic) bond motifs is 1. The Labute approximate surface area is 203 Å². The summed E-state index contributed by atoms with van der Waals surface area (Å²) in [4.78, 5) is 26.7. The molecule has 4 rings (SSSR count). The van der Waals surface area contributed by atoms with Crippen LogP contribution in [0.5, 0.6) is 0 Å². The second-order valence-electron chi connectivity index (χ2n) is 8.31. The highest BCUT2D eigenvalue weighted by atomic mass is 32.2. The van der Waals surface area contributed by atoms with E-state index in [-0.39, 0.29) is 10.8 Å². The molecule has 0 saturated heterocycles. The van der Waals surface area contributed by atoms with E-state index >= 15 is 0 Å². The Hall–Kier alpha value is -3.17. The zero-order valence-electron chi connectivity index (χ0n) is 19.2. The van der Waals surface area contributed by atoms with Crippen molar-refractivity contribution >= 4 is 43.9 Å². The molecule has 1 aliphatic rings. The number of amides is 1. The quantitative estimate of drug-likeness (QED) is 0.461. The number of benzene rings is 2. The fourth-order valence-electron chi connectivity index (χ4n) is 3.99. The van der Waals surface area contributed by atoms with Gasteiger partial charge in [-0.3, -0.25) is 9.52 Å². The van der Waals surface area contributed by atoms with Gasteiger partial charge in [-0.2, -0.15) is 0 Å². The Morgan fingerprint density at radius 3 is 2.38 bits per heavy atom. The van der Waals surface area contributed by atoms with Gasteiger partial charge in [0.05, 0.1) is 23.3 Å². The lowest BCUT2D eigenvalue weighted by atomic mass is 9.95. The fraction of sp³-hybridized carbons (Fsp3) is 0.280. The normalized spacial score (nSPS) is 13.1. The highest BCUT2D eigenvalue weighted by Gasteiger charge is 2.27. The Morgan fingerprint density at radius 2 is 1.71 bits per heavy atom. The van der Waals surface area contributed by atoms with E-state index in [4.69, 9.17) is 4.74 Å². The summed E-state index contributed by atoms with van der Waals surface area (Å²) in [5.41, 5.74) is 3.72. The minimum absolute atomic E-state index is 0.163. The number of sulfonamides is 1.